The number of carbonyl (C=O) groups excluding carboxylic acids is 3. The molecule has 0 radical (unpaired) electrons. The molecular weight excluding hydrogens is 414 g/mol. The van der Waals surface area contributed by atoms with Gasteiger partial charge >= 0.3 is 0 Å². The number of methoxy groups -OCH3 is 1. The molecule has 1 saturated heterocycles. The van der Waals surface area contributed by atoms with Gasteiger partial charge in [0.25, 0.3) is 0 Å². The molecule has 0 atom stereocenters. The van der Waals surface area contributed by atoms with E-state index in [-0.39, 0.29) is 22.9 Å². The smallest absolute Gasteiger partial charge is 0.227 e. The molecule has 1 amide bonds. The number of carbonyl (C=O) groups is 3. The summed E-state index contributed by atoms with van der Waals surface area (Å²) >= 11 is 6.49. The molecule has 5 nitrogen and oxygen atoms in total. The number of Topliss-reactive ketones (excluding diaryl/α,β-unsaturated/α-hetero) is 2. The standard InChI is InChI=1S/C25H30ClNO4/c1-6-7-16-12-17(26)21(20(13-16)31-5)22-18(28)14-25(15-19(22)29)8-10-27(11-9-25)23(30)24(2,3)4/h12-13,22H,8-11,14-15H2,1-5H3. The molecule has 2 fully saturated rings. The Balaban J connectivity index is 1.82. The number of likely N-dealkylation sites (tertiary alicyclic amines) is 1. The van der Waals surface area contributed by atoms with Crippen LogP contribution in [0.3, 0.4) is 0 Å². The summed E-state index contributed by atoms with van der Waals surface area (Å²) < 4.78 is 5.47. The monoisotopic (exact) mass is 443 g/mol. The van der Waals surface area contributed by atoms with Gasteiger partial charge in [-0.1, -0.05) is 38.3 Å². The highest BCUT2D eigenvalue weighted by molar-refractivity contribution is 6.32. The molecule has 1 saturated carbocycles. The zero-order chi connectivity index (χ0) is 23.0. The summed E-state index contributed by atoms with van der Waals surface area (Å²) in [6.07, 6.45) is 1.96. The van der Waals surface area contributed by atoms with Crippen LogP contribution in [0.1, 0.15) is 70.4 Å². The number of ketones is 2. The van der Waals surface area contributed by atoms with Crippen LogP contribution in [-0.2, 0) is 14.4 Å². The van der Waals surface area contributed by atoms with Crippen molar-refractivity contribution in [3.63, 3.8) is 0 Å². The van der Waals surface area contributed by atoms with E-state index < -0.39 is 11.3 Å². The minimum Gasteiger partial charge on any atom is -0.496 e. The summed E-state index contributed by atoms with van der Waals surface area (Å²) in [6, 6.07) is 3.40. The maximum absolute atomic E-state index is 13.2. The molecule has 1 aliphatic heterocycles. The van der Waals surface area contributed by atoms with Gasteiger partial charge in [-0.05, 0) is 37.3 Å². The van der Waals surface area contributed by atoms with E-state index in [0.29, 0.717) is 60.7 Å². The van der Waals surface area contributed by atoms with Crippen molar-refractivity contribution in [2.24, 2.45) is 10.8 Å². The van der Waals surface area contributed by atoms with Crippen molar-refractivity contribution in [1.29, 1.82) is 0 Å². The number of halogens is 1. The van der Waals surface area contributed by atoms with E-state index in [9.17, 15) is 14.4 Å². The maximum atomic E-state index is 13.2. The van der Waals surface area contributed by atoms with E-state index in [0.717, 1.165) is 0 Å². The highest BCUT2D eigenvalue weighted by atomic mass is 35.5. The number of benzene rings is 1. The Bertz CT molecular complexity index is 952. The van der Waals surface area contributed by atoms with Crippen LogP contribution in [0.2, 0.25) is 5.02 Å². The molecule has 31 heavy (non-hydrogen) atoms. The molecule has 2 aliphatic rings. The highest BCUT2D eigenvalue weighted by Crippen LogP contribution is 2.48. The molecule has 1 aromatic rings. The fourth-order valence-electron chi connectivity index (χ4n) is 4.78. The zero-order valence-electron chi connectivity index (χ0n) is 18.9. The maximum Gasteiger partial charge on any atom is 0.227 e. The highest BCUT2D eigenvalue weighted by Gasteiger charge is 2.48. The second kappa shape index (κ2) is 8.67. The topological polar surface area (TPSA) is 63.7 Å². The molecule has 1 heterocycles. The average molecular weight is 444 g/mol. The predicted octanol–water partition coefficient (Wildman–Crippen LogP) is 4.39. The van der Waals surface area contributed by atoms with Crippen molar-refractivity contribution in [3.8, 4) is 17.6 Å². The minimum absolute atomic E-state index is 0.112. The molecule has 1 spiro atoms. The van der Waals surface area contributed by atoms with E-state index in [4.69, 9.17) is 16.3 Å². The predicted molar refractivity (Wildman–Crippen MR) is 120 cm³/mol. The third kappa shape index (κ3) is 4.65. The Morgan fingerprint density at radius 2 is 1.74 bits per heavy atom. The summed E-state index contributed by atoms with van der Waals surface area (Å²) in [5.41, 5.74) is 0.314. The Morgan fingerprint density at radius 1 is 1.16 bits per heavy atom. The van der Waals surface area contributed by atoms with Crippen molar-refractivity contribution in [1.82, 2.24) is 4.90 Å². The molecule has 3 rings (SSSR count). The molecule has 6 heteroatoms. The van der Waals surface area contributed by atoms with Gasteiger partial charge in [-0.3, -0.25) is 14.4 Å². The van der Waals surface area contributed by atoms with Crippen molar-refractivity contribution in [3.05, 3.63) is 28.3 Å². The Hall–Kier alpha value is -2.32. The van der Waals surface area contributed by atoms with Gasteiger partial charge in [-0.25, -0.2) is 0 Å². The van der Waals surface area contributed by atoms with Crippen LogP contribution >= 0.6 is 11.6 Å². The summed E-state index contributed by atoms with van der Waals surface area (Å²) in [5, 5.41) is 0.324. The van der Waals surface area contributed by atoms with Crippen molar-refractivity contribution < 1.29 is 19.1 Å². The van der Waals surface area contributed by atoms with E-state index in [2.05, 4.69) is 11.8 Å². The lowest BCUT2D eigenvalue weighted by atomic mass is 9.63. The van der Waals surface area contributed by atoms with E-state index >= 15 is 0 Å². The number of rotatable bonds is 2. The lowest BCUT2D eigenvalue weighted by Crippen LogP contribution is -2.50. The van der Waals surface area contributed by atoms with Crippen LogP contribution in [0.25, 0.3) is 0 Å². The van der Waals surface area contributed by atoms with E-state index in [1.54, 1.807) is 19.1 Å². The van der Waals surface area contributed by atoms with Crippen molar-refractivity contribution in [2.75, 3.05) is 20.2 Å². The van der Waals surface area contributed by atoms with E-state index in [1.807, 2.05) is 25.7 Å². The molecule has 0 unspecified atom stereocenters. The third-order valence-electron chi connectivity index (χ3n) is 6.36. The van der Waals surface area contributed by atoms with Gasteiger partial charge in [-0.2, -0.15) is 0 Å². The SMILES string of the molecule is CC#Cc1cc(Cl)c(C2C(=O)CC3(CCN(C(=O)C(C)(C)C)CC3)CC2=O)c(OC)c1. The first-order valence-corrected chi connectivity index (χ1v) is 11.0. The molecule has 1 aliphatic carbocycles. The van der Waals surface area contributed by atoms with Crippen LogP contribution in [-0.4, -0.2) is 42.6 Å². The quantitative estimate of drug-likeness (QED) is 0.502. The number of hydrogen-bond donors (Lipinski definition) is 0. The van der Waals surface area contributed by atoms with Crippen molar-refractivity contribution in [2.45, 2.75) is 59.3 Å². The number of amides is 1. The van der Waals surface area contributed by atoms with Gasteiger partial charge in [0.1, 0.15) is 23.2 Å². The lowest BCUT2D eigenvalue weighted by molar-refractivity contribution is -0.144. The van der Waals surface area contributed by atoms with Crippen LogP contribution < -0.4 is 4.74 Å². The van der Waals surface area contributed by atoms with Gasteiger partial charge in [0.15, 0.2) is 0 Å². The summed E-state index contributed by atoms with van der Waals surface area (Å²) in [7, 11) is 1.50. The largest absolute Gasteiger partial charge is 0.496 e. The van der Waals surface area contributed by atoms with Gasteiger partial charge in [0.2, 0.25) is 5.91 Å². The van der Waals surface area contributed by atoms with Crippen LogP contribution in [0.15, 0.2) is 12.1 Å². The van der Waals surface area contributed by atoms with Gasteiger partial charge in [0, 0.05) is 47.5 Å². The normalized spacial score (nSPS) is 19.2. The molecule has 0 aromatic heterocycles. The summed E-state index contributed by atoms with van der Waals surface area (Å²) in [4.78, 5) is 40.9. The molecule has 0 N–H and O–H groups in total. The number of ether oxygens (including phenoxy) is 1. The molecule has 0 bridgehead atoms. The van der Waals surface area contributed by atoms with Crippen LogP contribution in [0.4, 0.5) is 0 Å². The number of nitrogens with zero attached hydrogens (tertiary/aromatic N) is 1. The number of piperidine rings is 1. The average Bonchev–Trinajstić information content (AvgIpc) is 2.68. The Labute approximate surface area is 189 Å². The second-order valence-electron chi connectivity index (χ2n) is 9.71. The molecular formula is C25H30ClNO4. The zero-order valence-corrected chi connectivity index (χ0v) is 19.7. The molecule has 166 valence electrons. The Kier molecular flexibility index (Phi) is 6.53. The van der Waals surface area contributed by atoms with Gasteiger partial charge < -0.3 is 9.64 Å². The van der Waals surface area contributed by atoms with E-state index in [1.165, 1.54) is 7.11 Å². The summed E-state index contributed by atoms with van der Waals surface area (Å²) in [6.45, 7) is 8.61. The van der Waals surface area contributed by atoms with Gasteiger partial charge in [0.05, 0.1) is 7.11 Å². The van der Waals surface area contributed by atoms with Crippen LogP contribution in [0.5, 0.6) is 5.75 Å². The van der Waals surface area contributed by atoms with Crippen LogP contribution in [0, 0.1) is 22.7 Å². The first kappa shape index (κ1) is 23.3. The number of hydrogen-bond acceptors (Lipinski definition) is 4. The van der Waals surface area contributed by atoms with Gasteiger partial charge in [-0.15, -0.1) is 5.92 Å². The first-order valence-electron chi connectivity index (χ1n) is 10.7. The third-order valence-corrected chi connectivity index (χ3v) is 6.68. The second-order valence-corrected chi connectivity index (χ2v) is 10.1. The summed E-state index contributed by atoms with van der Waals surface area (Å²) in [5.74, 6) is 5.11. The lowest BCUT2D eigenvalue weighted by Gasteiger charge is -2.45. The first-order chi connectivity index (χ1) is 14.5. The van der Waals surface area contributed by atoms with Crippen molar-refractivity contribution >= 4 is 29.1 Å². The minimum atomic E-state index is -0.911. The molecule has 1 aromatic carbocycles. The fraction of sp³-hybridized carbons (Fsp3) is 0.560. The Morgan fingerprint density at radius 3 is 2.23 bits per heavy atom. The fourth-order valence-corrected chi connectivity index (χ4v) is 5.10.